The van der Waals surface area contributed by atoms with Crippen LogP contribution in [-0.2, 0) is 9.84 Å². The Morgan fingerprint density at radius 1 is 1.23 bits per heavy atom. The van der Waals surface area contributed by atoms with Crippen LogP contribution in [0.15, 0.2) is 36.5 Å². The number of aromatic nitrogens is 2. The third-order valence-electron chi connectivity index (χ3n) is 4.33. The molecule has 0 amide bonds. The molecule has 1 N–H and O–H groups in total. The van der Waals surface area contributed by atoms with Crippen LogP contribution in [0.25, 0.3) is 0 Å². The first-order valence-electron chi connectivity index (χ1n) is 8.80. The van der Waals surface area contributed by atoms with Crippen molar-refractivity contribution in [1.82, 2.24) is 9.97 Å². The second-order valence-corrected chi connectivity index (χ2v) is 8.40. The second kappa shape index (κ2) is 7.90. The predicted molar refractivity (Wildman–Crippen MR) is 103 cm³/mol. The Labute approximate surface area is 154 Å². The van der Waals surface area contributed by atoms with Crippen molar-refractivity contribution in [2.75, 3.05) is 34.9 Å². The second-order valence-electron chi connectivity index (χ2n) is 6.17. The zero-order valence-electron chi connectivity index (χ0n) is 15.1. The van der Waals surface area contributed by atoms with E-state index in [9.17, 15) is 8.42 Å². The highest BCUT2D eigenvalue weighted by Crippen LogP contribution is 2.24. The van der Waals surface area contributed by atoms with Crippen molar-refractivity contribution in [3.05, 3.63) is 36.5 Å². The van der Waals surface area contributed by atoms with E-state index in [0.29, 0.717) is 31.3 Å². The van der Waals surface area contributed by atoms with Gasteiger partial charge in [-0.2, -0.15) is 4.98 Å². The van der Waals surface area contributed by atoms with Gasteiger partial charge >= 0.3 is 0 Å². The van der Waals surface area contributed by atoms with Gasteiger partial charge in [-0.3, -0.25) is 0 Å². The summed E-state index contributed by atoms with van der Waals surface area (Å²) in [6, 6.07) is 9.37. The lowest BCUT2D eigenvalue weighted by Crippen LogP contribution is -2.37. The number of nitrogens with one attached hydrogen (secondary N) is 1. The summed E-state index contributed by atoms with van der Waals surface area (Å²) in [7, 11) is -2.95. The topological polar surface area (TPSA) is 84.4 Å². The molecule has 1 aliphatic rings. The molecule has 0 spiro atoms. The Morgan fingerprint density at radius 2 is 2.00 bits per heavy atom. The summed E-state index contributed by atoms with van der Waals surface area (Å²) in [5.41, 5.74) is 0.893. The Morgan fingerprint density at radius 3 is 2.62 bits per heavy atom. The van der Waals surface area contributed by atoms with Crippen molar-refractivity contribution in [3.8, 4) is 5.75 Å². The highest BCUT2D eigenvalue weighted by atomic mass is 32.2. The van der Waals surface area contributed by atoms with Gasteiger partial charge in [-0.05, 0) is 50.6 Å². The van der Waals surface area contributed by atoms with Gasteiger partial charge in [0.25, 0.3) is 0 Å². The van der Waals surface area contributed by atoms with E-state index in [1.807, 2.05) is 43.0 Å². The van der Waals surface area contributed by atoms with Crippen LogP contribution < -0.4 is 15.0 Å². The lowest BCUT2D eigenvalue weighted by molar-refractivity contribution is 0.340. The summed E-state index contributed by atoms with van der Waals surface area (Å²) in [6.07, 6.45) is 2.31. The van der Waals surface area contributed by atoms with Crippen LogP contribution in [-0.4, -0.2) is 49.1 Å². The summed E-state index contributed by atoms with van der Waals surface area (Å²) in [6.45, 7) is 5.23. The van der Waals surface area contributed by atoms with Crippen LogP contribution in [0.2, 0.25) is 0 Å². The molecule has 0 radical (unpaired) electrons. The van der Waals surface area contributed by atoms with Crippen molar-refractivity contribution in [2.24, 2.45) is 0 Å². The van der Waals surface area contributed by atoms with Gasteiger partial charge in [-0.15, -0.1) is 0 Å². The first-order valence-corrected chi connectivity index (χ1v) is 10.6. The molecule has 1 atom stereocenters. The number of hydrogen-bond donors (Lipinski definition) is 1. The maximum Gasteiger partial charge on any atom is 0.227 e. The number of nitrogens with zero attached hydrogens (tertiary/aromatic N) is 3. The molecule has 3 rings (SSSR count). The van der Waals surface area contributed by atoms with Crippen LogP contribution in [0.1, 0.15) is 20.3 Å². The molecule has 1 aliphatic heterocycles. The molecule has 1 saturated heterocycles. The third kappa shape index (κ3) is 4.43. The molecule has 2 heterocycles. The van der Waals surface area contributed by atoms with Crippen molar-refractivity contribution in [1.29, 1.82) is 0 Å². The average molecular weight is 376 g/mol. The van der Waals surface area contributed by atoms with Crippen molar-refractivity contribution in [2.45, 2.75) is 26.3 Å². The van der Waals surface area contributed by atoms with Gasteiger partial charge in [0.2, 0.25) is 5.95 Å². The molecule has 1 aromatic carbocycles. The fourth-order valence-electron chi connectivity index (χ4n) is 3.09. The minimum Gasteiger partial charge on any atom is -0.494 e. The summed E-state index contributed by atoms with van der Waals surface area (Å²) in [5, 5.41) is 3.25. The van der Waals surface area contributed by atoms with E-state index in [0.717, 1.165) is 11.4 Å². The van der Waals surface area contributed by atoms with Gasteiger partial charge in [0.15, 0.2) is 9.84 Å². The van der Waals surface area contributed by atoms with Gasteiger partial charge in [-0.1, -0.05) is 0 Å². The monoisotopic (exact) mass is 376 g/mol. The number of rotatable bonds is 7. The summed E-state index contributed by atoms with van der Waals surface area (Å²) in [5.74, 6) is 2.43. The Kier molecular flexibility index (Phi) is 5.61. The number of benzene rings is 1. The number of ether oxygens (including phenoxy) is 1. The van der Waals surface area contributed by atoms with E-state index >= 15 is 0 Å². The average Bonchev–Trinajstić information content (AvgIpc) is 2.98. The molecular formula is C18H24N4O3S. The van der Waals surface area contributed by atoms with E-state index in [1.165, 1.54) is 0 Å². The zero-order chi connectivity index (χ0) is 18.6. The maximum absolute atomic E-state index is 11.8. The van der Waals surface area contributed by atoms with E-state index < -0.39 is 9.84 Å². The predicted octanol–water partition coefficient (Wildman–Crippen LogP) is 2.63. The minimum atomic E-state index is -2.95. The molecule has 0 bridgehead atoms. The molecule has 8 heteroatoms. The lowest BCUT2D eigenvalue weighted by atomic mass is 10.2. The van der Waals surface area contributed by atoms with Crippen LogP contribution in [0, 0.1) is 0 Å². The number of sulfone groups is 1. The van der Waals surface area contributed by atoms with Gasteiger partial charge in [0.1, 0.15) is 11.6 Å². The van der Waals surface area contributed by atoms with Gasteiger partial charge in [0, 0.05) is 24.5 Å². The zero-order valence-corrected chi connectivity index (χ0v) is 15.9. The highest BCUT2D eigenvalue weighted by molar-refractivity contribution is 7.91. The normalized spacial score (nSPS) is 18.5. The van der Waals surface area contributed by atoms with Gasteiger partial charge in [0.05, 0.1) is 18.1 Å². The molecule has 1 aromatic heterocycles. The van der Waals surface area contributed by atoms with Gasteiger partial charge in [-0.25, -0.2) is 13.4 Å². The fourth-order valence-corrected chi connectivity index (χ4v) is 4.82. The van der Waals surface area contributed by atoms with E-state index in [2.05, 4.69) is 15.3 Å². The standard InChI is InChI=1S/C18H24N4O3S/c1-3-22(15-10-12-26(23,24)13-15)18-19-11-9-17(21-18)20-14-5-7-16(8-6-14)25-4-2/h5-9,11,15H,3-4,10,12-13H2,1-2H3,(H,19,20,21). The van der Waals surface area contributed by atoms with Gasteiger partial charge < -0.3 is 15.0 Å². The Bertz CT molecular complexity index is 840. The fraction of sp³-hybridized carbons (Fsp3) is 0.444. The SMILES string of the molecule is CCOc1ccc(Nc2ccnc(N(CC)C3CCS(=O)(=O)C3)n2)cc1. The van der Waals surface area contributed by atoms with Crippen LogP contribution in [0.5, 0.6) is 5.75 Å². The molecular weight excluding hydrogens is 352 g/mol. The number of anilines is 3. The lowest BCUT2D eigenvalue weighted by Gasteiger charge is -2.26. The van der Waals surface area contributed by atoms with Crippen LogP contribution in [0.3, 0.4) is 0 Å². The van der Waals surface area contributed by atoms with Crippen LogP contribution >= 0.6 is 0 Å². The molecule has 1 unspecified atom stereocenters. The maximum atomic E-state index is 11.8. The first-order chi connectivity index (χ1) is 12.5. The molecule has 140 valence electrons. The van der Waals surface area contributed by atoms with Crippen LogP contribution in [0.4, 0.5) is 17.5 Å². The highest BCUT2D eigenvalue weighted by Gasteiger charge is 2.32. The van der Waals surface area contributed by atoms with Crippen molar-refractivity contribution in [3.63, 3.8) is 0 Å². The van der Waals surface area contributed by atoms with E-state index in [1.54, 1.807) is 12.3 Å². The quantitative estimate of drug-likeness (QED) is 0.795. The number of hydrogen-bond acceptors (Lipinski definition) is 7. The molecule has 0 saturated carbocycles. The molecule has 2 aromatic rings. The first kappa shape index (κ1) is 18.4. The summed E-state index contributed by atoms with van der Waals surface area (Å²) < 4.78 is 29.0. The molecule has 0 aliphatic carbocycles. The summed E-state index contributed by atoms with van der Waals surface area (Å²) >= 11 is 0. The van der Waals surface area contributed by atoms with Crippen molar-refractivity contribution < 1.29 is 13.2 Å². The summed E-state index contributed by atoms with van der Waals surface area (Å²) in [4.78, 5) is 10.9. The Balaban J connectivity index is 1.74. The minimum absolute atomic E-state index is 0.0641. The smallest absolute Gasteiger partial charge is 0.227 e. The van der Waals surface area contributed by atoms with Crippen molar-refractivity contribution >= 4 is 27.3 Å². The molecule has 7 nitrogen and oxygen atoms in total. The van der Waals surface area contributed by atoms with E-state index in [4.69, 9.17) is 4.74 Å². The van der Waals surface area contributed by atoms with E-state index in [-0.39, 0.29) is 17.5 Å². The Hall–Kier alpha value is -2.35. The molecule has 26 heavy (non-hydrogen) atoms. The largest absolute Gasteiger partial charge is 0.494 e. The molecule has 1 fully saturated rings. The third-order valence-corrected chi connectivity index (χ3v) is 6.08.